The van der Waals surface area contributed by atoms with Gasteiger partial charge >= 0.3 is 5.97 Å². The molecule has 1 atom stereocenters. The molecule has 0 saturated heterocycles. The van der Waals surface area contributed by atoms with Crippen LogP contribution in [0.3, 0.4) is 0 Å². The third-order valence-electron chi connectivity index (χ3n) is 3.03. The molecule has 0 unspecified atom stereocenters. The molecule has 0 bridgehead atoms. The summed E-state index contributed by atoms with van der Waals surface area (Å²) in [6.45, 7) is 5.98. The lowest BCUT2D eigenvalue weighted by Crippen LogP contribution is -2.34. The van der Waals surface area contributed by atoms with Gasteiger partial charge in [-0.15, -0.1) is 0 Å². The topological polar surface area (TPSA) is 49.3 Å². The SMILES string of the molecule is CCCCc1ccc(N[C@H](C(=O)O)C(C)C)cc1. The summed E-state index contributed by atoms with van der Waals surface area (Å²) in [4.78, 5) is 11.1. The van der Waals surface area contributed by atoms with Crippen molar-refractivity contribution in [1.29, 1.82) is 0 Å². The fourth-order valence-corrected chi connectivity index (χ4v) is 1.84. The molecule has 0 heterocycles. The number of carboxylic acids is 1. The summed E-state index contributed by atoms with van der Waals surface area (Å²) < 4.78 is 0. The molecular formula is C15H23NO2. The summed E-state index contributed by atoms with van der Waals surface area (Å²) in [5.41, 5.74) is 2.18. The first-order valence-electron chi connectivity index (χ1n) is 6.63. The number of anilines is 1. The zero-order chi connectivity index (χ0) is 13.5. The Bertz CT molecular complexity index is 371. The van der Waals surface area contributed by atoms with Gasteiger partial charge < -0.3 is 10.4 Å². The van der Waals surface area contributed by atoms with Crippen LogP contribution in [-0.4, -0.2) is 17.1 Å². The predicted molar refractivity (Wildman–Crippen MR) is 74.9 cm³/mol. The summed E-state index contributed by atoms with van der Waals surface area (Å²) in [7, 11) is 0. The van der Waals surface area contributed by atoms with Crippen LogP contribution in [0, 0.1) is 5.92 Å². The first-order valence-corrected chi connectivity index (χ1v) is 6.63. The van der Waals surface area contributed by atoms with Crippen LogP contribution >= 0.6 is 0 Å². The molecule has 0 aliphatic heterocycles. The maximum atomic E-state index is 11.1. The summed E-state index contributed by atoms with van der Waals surface area (Å²) >= 11 is 0. The van der Waals surface area contributed by atoms with Crippen LogP contribution in [0.5, 0.6) is 0 Å². The molecule has 1 rings (SSSR count). The number of carbonyl (C=O) groups is 1. The highest BCUT2D eigenvalue weighted by atomic mass is 16.4. The van der Waals surface area contributed by atoms with Crippen LogP contribution in [0.25, 0.3) is 0 Å². The molecule has 0 aromatic heterocycles. The summed E-state index contributed by atoms with van der Waals surface area (Å²) in [5.74, 6) is -0.748. The van der Waals surface area contributed by atoms with E-state index in [2.05, 4.69) is 24.4 Å². The molecule has 0 amide bonds. The van der Waals surface area contributed by atoms with Crippen molar-refractivity contribution in [2.45, 2.75) is 46.1 Å². The zero-order valence-corrected chi connectivity index (χ0v) is 11.4. The lowest BCUT2D eigenvalue weighted by atomic mass is 10.0. The Morgan fingerprint density at radius 1 is 1.28 bits per heavy atom. The van der Waals surface area contributed by atoms with Crippen molar-refractivity contribution in [3.63, 3.8) is 0 Å². The molecule has 3 heteroatoms. The quantitative estimate of drug-likeness (QED) is 0.777. The Kier molecular flexibility index (Phi) is 5.69. The zero-order valence-electron chi connectivity index (χ0n) is 11.4. The van der Waals surface area contributed by atoms with Crippen LogP contribution < -0.4 is 5.32 Å². The minimum atomic E-state index is -0.806. The standard InChI is InChI=1S/C15H23NO2/c1-4-5-6-12-7-9-13(10-8-12)16-14(11(2)3)15(17)18/h7-11,14,16H,4-6H2,1-3H3,(H,17,18)/t14-/m0/s1. The Morgan fingerprint density at radius 2 is 1.89 bits per heavy atom. The molecule has 3 nitrogen and oxygen atoms in total. The van der Waals surface area contributed by atoms with Crippen molar-refractivity contribution in [2.75, 3.05) is 5.32 Å². The monoisotopic (exact) mass is 249 g/mol. The number of rotatable bonds is 7. The molecule has 18 heavy (non-hydrogen) atoms. The van der Waals surface area contributed by atoms with E-state index in [1.165, 1.54) is 18.4 Å². The molecular weight excluding hydrogens is 226 g/mol. The van der Waals surface area contributed by atoms with Gasteiger partial charge in [0, 0.05) is 5.69 Å². The molecule has 1 aromatic carbocycles. The number of aliphatic carboxylic acids is 1. The van der Waals surface area contributed by atoms with E-state index < -0.39 is 12.0 Å². The Morgan fingerprint density at radius 3 is 2.33 bits per heavy atom. The molecule has 0 spiro atoms. The molecule has 0 fully saturated rings. The normalized spacial score (nSPS) is 12.4. The van der Waals surface area contributed by atoms with Gasteiger partial charge in [-0.2, -0.15) is 0 Å². The Hall–Kier alpha value is -1.51. The maximum absolute atomic E-state index is 11.1. The minimum absolute atomic E-state index is 0.0577. The van der Waals surface area contributed by atoms with Gasteiger partial charge in [0.2, 0.25) is 0 Å². The molecule has 0 saturated carbocycles. The van der Waals surface area contributed by atoms with Gasteiger partial charge in [0.1, 0.15) is 6.04 Å². The van der Waals surface area contributed by atoms with E-state index in [1.54, 1.807) is 0 Å². The summed E-state index contributed by atoms with van der Waals surface area (Å²) in [5, 5.41) is 12.2. The molecule has 0 aliphatic carbocycles. The molecule has 1 aromatic rings. The molecule has 0 radical (unpaired) electrons. The van der Waals surface area contributed by atoms with Crippen molar-refractivity contribution in [2.24, 2.45) is 5.92 Å². The van der Waals surface area contributed by atoms with Crippen LogP contribution in [0.4, 0.5) is 5.69 Å². The van der Waals surface area contributed by atoms with E-state index in [0.29, 0.717) is 0 Å². The van der Waals surface area contributed by atoms with Crippen molar-refractivity contribution < 1.29 is 9.90 Å². The van der Waals surface area contributed by atoms with E-state index in [0.717, 1.165) is 12.1 Å². The van der Waals surface area contributed by atoms with Crippen LogP contribution in [-0.2, 0) is 11.2 Å². The smallest absolute Gasteiger partial charge is 0.326 e. The Balaban J connectivity index is 2.64. The fourth-order valence-electron chi connectivity index (χ4n) is 1.84. The van der Waals surface area contributed by atoms with Crippen molar-refractivity contribution in [3.8, 4) is 0 Å². The van der Waals surface area contributed by atoms with Gasteiger partial charge in [0.05, 0.1) is 0 Å². The van der Waals surface area contributed by atoms with Crippen molar-refractivity contribution in [3.05, 3.63) is 29.8 Å². The van der Waals surface area contributed by atoms with Gasteiger partial charge in [-0.1, -0.05) is 39.3 Å². The number of hydrogen-bond donors (Lipinski definition) is 2. The minimum Gasteiger partial charge on any atom is -0.480 e. The first-order chi connectivity index (χ1) is 8.54. The second-order valence-electron chi connectivity index (χ2n) is 5.00. The van der Waals surface area contributed by atoms with E-state index in [9.17, 15) is 4.79 Å². The van der Waals surface area contributed by atoms with Gasteiger partial charge in [-0.3, -0.25) is 0 Å². The highest BCUT2D eigenvalue weighted by Crippen LogP contribution is 2.15. The number of unbranched alkanes of at least 4 members (excludes halogenated alkanes) is 1. The van der Waals surface area contributed by atoms with Crippen molar-refractivity contribution in [1.82, 2.24) is 0 Å². The van der Waals surface area contributed by atoms with Crippen LogP contribution in [0.15, 0.2) is 24.3 Å². The number of carboxylic acid groups (broad SMARTS) is 1. The average molecular weight is 249 g/mol. The predicted octanol–water partition coefficient (Wildman–Crippen LogP) is 3.55. The fraction of sp³-hybridized carbons (Fsp3) is 0.533. The Labute approximate surface area is 109 Å². The first kappa shape index (κ1) is 14.6. The molecule has 100 valence electrons. The van der Waals surface area contributed by atoms with Crippen molar-refractivity contribution >= 4 is 11.7 Å². The lowest BCUT2D eigenvalue weighted by Gasteiger charge is -2.19. The largest absolute Gasteiger partial charge is 0.480 e. The van der Waals surface area contributed by atoms with Crippen LogP contribution in [0.1, 0.15) is 39.2 Å². The van der Waals surface area contributed by atoms with Gasteiger partial charge in [-0.05, 0) is 36.5 Å². The van der Waals surface area contributed by atoms with Gasteiger partial charge in [0.15, 0.2) is 0 Å². The number of aryl methyl sites for hydroxylation is 1. The van der Waals surface area contributed by atoms with Crippen LogP contribution in [0.2, 0.25) is 0 Å². The number of benzene rings is 1. The van der Waals surface area contributed by atoms with E-state index in [4.69, 9.17) is 5.11 Å². The van der Waals surface area contributed by atoms with E-state index >= 15 is 0 Å². The summed E-state index contributed by atoms with van der Waals surface area (Å²) in [6, 6.07) is 7.52. The highest BCUT2D eigenvalue weighted by Gasteiger charge is 2.20. The maximum Gasteiger partial charge on any atom is 0.326 e. The third-order valence-corrected chi connectivity index (χ3v) is 3.03. The van der Waals surface area contributed by atoms with E-state index in [-0.39, 0.29) is 5.92 Å². The molecule has 0 aliphatic rings. The molecule has 2 N–H and O–H groups in total. The third kappa shape index (κ3) is 4.40. The average Bonchev–Trinajstić information content (AvgIpc) is 2.34. The second-order valence-corrected chi connectivity index (χ2v) is 5.00. The summed E-state index contributed by atoms with van der Waals surface area (Å²) in [6.07, 6.45) is 3.47. The van der Waals surface area contributed by atoms with Gasteiger partial charge in [-0.25, -0.2) is 4.79 Å². The highest BCUT2D eigenvalue weighted by molar-refractivity contribution is 5.77. The van der Waals surface area contributed by atoms with E-state index in [1.807, 2.05) is 26.0 Å². The lowest BCUT2D eigenvalue weighted by molar-refractivity contribution is -0.138. The number of nitrogens with one attached hydrogen (secondary N) is 1. The van der Waals surface area contributed by atoms with Gasteiger partial charge in [0.25, 0.3) is 0 Å². The number of hydrogen-bond acceptors (Lipinski definition) is 2. The second kappa shape index (κ2) is 7.04.